The Morgan fingerprint density at radius 2 is 1.81 bits per heavy atom. The molecule has 21 heavy (non-hydrogen) atoms. The molecule has 1 aliphatic rings. The van der Waals surface area contributed by atoms with Gasteiger partial charge < -0.3 is 10.6 Å². The molecule has 0 spiro atoms. The van der Waals surface area contributed by atoms with E-state index in [1.54, 1.807) is 18.2 Å². The number of halogens is 2. The molecule has 0 aliphatic carbocycles. The normalized spacial score (nSPS) is 13.3. The highest BCUT2D eigenvalue weighted by Gasteiger charge is 2.27. The van der Waals surface area contributed by atoms with Crippen LogP contribution >= 0.6 is 0 Å². The molecule has 0 bridgehead atoms. The summed E-state index contributed by atoms with van der Waals surface area (Å²) < 4.78 is 27.3. The topological polar surface area (TPSA) is 46.3 Å². The minimum absolute atomic E-state index is 0.195. The lowest BCUT2D eigenvalue weighted by atomic mass is 10.1. The molecule has 0 saturated heterocycles. The van der Waals surface area contributed by atoms with Crippen molar-refractivity contribution >= 4 is 17.3 Å². The first-order valence-corrected chi connectivity index (χ1v) is 6.68. The number of fused-ring (bicyclic) bond motifs is 1. The molecule has 0 aromatic heterocycles. The van der Waals surface area contributed by atoms with Crippen LogP contribution in [0.5, 0.6) is 0 Å². The number of nitrogens with zero attached hydrogens (tertiary/aromatic N) is 1. The molecule has 1 heterocycles. The number of rotatable bonds is 2. The van der Waals surface area contributed by atoms with Gasteiger partial charge in [0.15, 0.2) is 0 Å². The van der Waals surface area contributed by atoms with Gasteiger partial charge in [-0.2, -0.15) is 0 Å². The summed E-state index contributed by atoms with van der Waals surface area (Å²) in [6.45, 7) is 0.485. The van der Waals surface area contributed by atoms with Crippen LogP contribution in [0.4, 0.5) is 20.2 Å². The Bertz CT molecular complexity index is 695. The van der Waals surface area contributed by atoms with E-state index < -0.39 is 11.6 Å². The molecule has 2 aromatic carbocycles. The van der Waals surface area contributed by atoms with Gasteiger partial charge in [0.25, 0.3) is 0 Å². The quantitative estimate of drug-likeness (QED) is 0.864. The summed E-state index contributed by atoms with van der Waals surface area (Å²) in [5.74, 6) is -1.73. The number of nitrogens with two attached hydrogens (primary N) is 1. The number of benzene rings is 2. The van der Waals surface area contributed by atoms with Crippen LogP contribution in [-0.2, 0) is 17.6 Å². The number of amides is 1. The Balaban J connectivity index is 1.87. The maximum Gasteiger partial charge on any atom is 0.231 e. The fourth-order valence-corrected chi connectivity index (χ4v) is 2.67. The van der Waals surface area contributed by atoms with Gasteiger partial charge in [0.1, 0.15) is 11.6 Å². The van der Waals surface area contributed by atoms with Gasteiger partial charge >= 0.3 is 0 Å². The zero-order valence-corrected chi connectivity index (χ0v) is 11.3. The maximum atomic E-state index is 13.6. The van der Waals surface area contributed by atoms with Crippen LogP contribution in [0.3, 0.4) is 0 Å². The van der Waals surface area contributed by atoms with Gasteiger partial charge in [-0.1, -0.05) is 12.1 Å². The Morgan fingerprint density at radius 1 is 1.14 bits per heavy atom. The van der Waals surface area contributed by atoms with E-state index in [4.69, 9.17) is 5.73 Å². The molecule has 1 aliphatic heterocycles. The minimum atomic E-state index is -0.699. The van der Waals surface area contributed by atoms with Crippen molar-refractivity contribution in [3.8, 4) is 0 Å². The van der Waals surface area contributed by atoms with E-state index in [1.165, 1.54) is 11.0 Å². The molecule has 0 radical (unpaired) electrons. The molecule has 1 amide bonds. The first-order valence-electron chi connectivity index (χ1n) is 6.68. The second-order valence-corrected chi connectivity index (χ2v) is 5.02. The van der Waals surface area contributed by atoms with Crippen molar-refractivity contribution in [2.24, 2.45) is 0 Å². The first kappa shape index (κ1) is 13.5. The third kappa shape index (κ3) is 2.35. The molecular formula is C16H14F2N2O. The van der Waals surface area contributed by atoms with E-state index in [-0.39, 0.29) is 17.9 Å². The van der Waals surface area contributed by atoms with E-state index in [0.29, 0.717) is 18.7 Å². The molecule has 3 rings (SSSR count). The van der Waals surface area contributed by atoms with E-state index >= 15 is 0 Å². The summed E-state index contributed by atoms with van der Waals surface area (Å²) in [6, 6.07) is 8.94. The van der Waals surface area contributed by atoms with E-state index in [2.05, 4.69) is 0 Å². The largest absolute Gasteiger partial charge is 0.398 e. The van der Waals surface area contributed by atoms with E-state index in [0.717, 1.165) is 23.4 Å². The molecule has 5 heteroatoms. The fourth-order valence-electron chi connectivity index (χ4n) is 2.67. The molecule has 2 N–H and O–H groups in total. The van der Waals surface area contributed by atoms with Crippen molar-refractivity contribution in [1.82, 2.24) is 0 Å². The Kier molecular flexibility index (Phi) is 3.33. The lowest BCUT2D eigenvalue weighted by molar-refractivity contribution is -0.118. The number of carbonyl (C=O) groups excluding carboxylic acids is 1. The third-order valence-electron chi connectivity index (χ3n) is 3.75. The SMILES string of the molecule is Nc1cccc2c1CCN2C(=O)Cc1c(F)cccc1F. The number of nitrogen functional groups attached to an aromatic ring is 1. The van der Waals surface area contributed by atoms with Crippen molar-refractivity contribution in [2.45, 2.75) is 12.8 Å². The van der Waals surface area contributed by atoms with Gasteiger partial charge in [0.05, 0.1) is 6.42 Å². The van der Waals surface area contributed by atoms with Crippen molar-refractivity contribution in [3.63, 3.8) is 0 Å². The van der Waals surface area contributed by atoms with Crippen molar-refractivity contribution < 1.29 is 13.6 Å². The highest BCUT2D eigenvalue weighted by Crippen LogP contribution is 2.32. The molecule has 2 aromatic rings. The maximum absolute atomic E-state index is 13.6. The summed E-state index contributed by atoms with van der Waals surface area (Å²) >= 11 is 0. The average molecular weight is 288 g/mol. The summed E-state index contributed by atoms with van der Waals surface area (Å²) in [5.41, 5.74) is 7.97. The highest BCUT2D eigenvalue weighted by atomic mass is 19.1. The Morgan fingerprint density at radius 3 is 2.52 bits per heavy atom. The number of carbonyl (C=O) groups is 1. The molecule has 3 nitrogen and oxygen atoms in total. The molecule has 0 fully saturated rings. The van der Waals surface area contributed by atoms with Crippen LogP contribution in [0.1, 0.15) is 11.1 Å². The monoisotopic (exact) mass is 288 g/mol. The molecule has 0 unspecified atom stereocenters. The summed E-state index contributed by atoms with van der Waals surface area (Å²) in [6.07, 6.45) is 0.361. The Labute approximate surface area is 121 Å². The van der Waals surface area contributed by atoms with Gasteiger partial charge in [0.2, 0.25) is 5.91 Å². The zero-order chi connectivity index (χ0) is 15.0. The predicted octanol–water partition coefficient (Wildman–Crippen LogP) is 2.68. The predicted molar refractivity (Wildman–Crippen MR) is 77.0 cm³/mol. The number of hydrogen-bond donors (Lipinski definition) is 1. The van der Waals surface area contributed by atoms with Crippen LogP contribution in [0, 0.1) is 11.6 Å². The summed E-state index contributed by atoms with van der Waals surface area (Å²) in [5, 5.41) is 0. The van der Waals surface area contributed by atoms with Gasteiger partial charge in [-0.3, -0.25) is 4.79 Å². The van der Waals surface area contributed by atoms with Crippen LogP contribution in [0.25, 0.3) is 0 Å². The number of hydrogen-bond acceptors (Lipinski definition) is 2. The van der Waals surface area contributed by atoms with Crippen LogP contribution in [-0.4, -0.2) is 12.5 Å². The fraction of sp³-hybridized carbons (Fsp3) is 0.188. The third-order valence-corrected chi connectivity index (χ3v) is 3.75. The van der Waals surface area contributed by atoms with Crippen molar-refractivity contribution in [2.75, 3.05) is 17.2 Å². The standard InChI is InChI=1S/C16H14F2N2O/c17-12-3-1-4-13(18)11(12)9-16(21)20-8-7-10-14(19)5-2-6-15(10)20/h1-6H,7-9,19H2. The highest BCUT2D eigenvalue weighted by molar-refractivity contribution is 5.97. The van der Waals surface area contributed by atoms with Crippen molar-refractivity contribution in [1.29, 1.82) is 0 Å². The second kappa shape index (κ2) is 5.16. The molecule has 0 saturated carbocycles. The van der Waals surface area contributed by atoms with Crippen molar-refractivity contribution in [3.05, 3.63) is 59.2 Å². The minimum Gasteiger partial charge on any atom is -0.398 e. The Hall–Kier alpha value is -2.43. The second-order valence-electron chi connectivity index (χ2n) is 5.02. The average Bonchev–Trinajstić information content (AvgIpc) is 2.88. The molecule has 108 valence electrons. The van der Waals surface area contributed by atoms with Crippen LogP contribution in [0.2, 0.25) is 0 Å². The van der Waals surface area contributed by atoms with Crippen LogP contribution in [0.15, 0.2) is 36.4 Å². The lowest BCUT2D eigenvalue weighted by Crippen LogP contribution is -2.30. The van der Waals surface area contributed by atoms with Crippen LogP contribution < -0.4 is 10.6 Å². The molecular weight excluding hydrogens is 274 g/mol. The summed E-state index contributed by atoms with van der Waals surface area (Å²) in [7, 11) is 0. The smallest absolute Gasteiger partial charge is 0.231 e. The summed E-state index contributed by atoms with van der Waals surface area (Å²) in [4.78, 5) is 13.9. The molecule has 0 atom stereocenters. The van der Waals surface area contributed by atoms with Gasteiger partial charge in [-0.15, -0.1) is 0 Å². The van der Waals surface area contributed by atoms with Gasteiger partial charge in [-0.05, 0) is 30.7 Å². The first-order chi connectivity index (χ1) is 10.1. The van der Waals surface area contributed by atoms with Gasteiger partial charge in [0, 0.05) is 29.0 Å². The van der Waals surface area contributed by atoms with E-state index in [1.807, 2.05) is 0 Å². The number of anilines is 2. The lowest BCUT2D eigenvalue weighted by Gasteiger charge is -2.18. The zero-order valence-electron chi connectivity index (χ0n) is 11.3. The van der Waals surface area contributed by atoms with E-state index in [9.17, 15) is 13.6 Å². The van der Waals surface area contributed by atoms with Gasteiger partial charge in [-0.25, -0.2) is 8.78 Å².